The highest BCUT2D eigenvalue weighted by molar-refractivity contribution is 7.99. The average molecular weight is 314 g/mol. The van der Waals surface area contributed by atoms with Crippen LogP contribution in [0, 0.1) is 11.3 Å². The van der Waals surface area contributed by atoms with Crippen LogP contribution >= 0.6 is 11.8 Å². The van der Waals surface area contributed by atoms with Gasteiger partial charge in [-0.1, -0.05) is 0 Å². The van der Waals surface area contributed by atoms with E-state index in [4.69, 9.17) is 0 Å². The lowest BCUT2D eigenvalue weighted by Crippen LogP contribution is -2.52. The van der Waals surface area contributed by atoms with Crippen molar-refractivity contribution in [2.75, 3.05) is 24.6 Å². The molecule has 0 aliphatic carbocycles. The van der Waals surface area contributed by atoms with Gasteiger partial charge in [-0.3, -0.25) is 4.79 Å². The first kappa shape index (κ1) is 16.5. The summed E-state index contributed by atoms with van der Waals surface area (Å²) >= 11 is 1.94. The maximum absolute atomic E-state index is 12.4. The predicted molar refractivity (Wildman–Crippen MR) is 84.6 cm³/mol. The van der Waals surface area contributed by atoms with Gasteiger partial charge in [-0.15, -0.1) is 0 Å². The second-order valence-corrected chi connectivity index (χ2v) is 7.87. The third kappa shape index (κ3) is 4.05. The summed E-state index contributed by atoms with van der Waals surface area (Å²) in [7, 11) is 0. The molecule has 2 aliphatic rings. The van der Waals surface area contributed by atoms with Crippen molar-refractivity contribution in [3.05, 3.63) is 0 Å². The number of carboxylic acid groups (broad SMARTS) is 1. The predicted octanol–water partition coefficient (Wildman–Crippen LogP) is 2.41. The van der Waals surface area contributed by atoms with Crippen molar-refractivity contribution in [1.29, 1.82) is 0 Å². The number of carbonyl (C=O) groups excluding carboxylic acids is 1. The van der Waals surface area contributed by atoms with Crippen molar-refractivity contribution in [3.8, 4) is 0 Å². The summed E-state index contributed by atoms with van der Waals surface area (Å²) in [5, 5.41) is 12.5. The average Bonchev–Trinajstić information content (AvgIpc) is 2.48. The Morgan fingerprint density at radius 3 is 2.52 bits per heavy atom. The third-order valence-corrected chi connectivity index (χ3v) is 5.88. The zero-order valence-corrected chi connectivity index (χ0v) is 13.7. The van der Waals surface area contributed by atoms with E-state index in [1.165, 1.54) is 0 Å². The summed E-state index contributed by atoms with van der Waals surface area (Å²) in [6.07, 6.45) is 3.83. The molecule has 2 N–H and O–H groups in total. The molecule has 1 unspecified atom stereocenters. The number of rotatable bonds is 3. The van der Waals surface area contributed by atoms with Gasteiger partial charge >= 0.3 is 12.0 Å². The number of nitrogens with one attached hydrogen (secondary N) is 1. The Bertz CT molecular complexity index is 394. The standard InChI is InChI=1S/C15H26N2O3S/c1-15(2,13(18)19)11-4-3-7-17(10-11)14(20)16-12-5-8-21-9-6-12/h11-12H,3-10H2,1-2H3,(H,16,20)(H,18,19). The van der Waals surface area contributed by atoms with Crippen molar-refractivity contribution in [2.24, 2.45) is 11.3 Å². The first-order valence-electron chi connectivity index (χ1n) is 7.78. The van der Waals surface area contributed by atoms with Gasteiger partial charge in [0, 0.05) is 19.1 Å². The van der Waals surface area contributed by atoms with Crippen LogP contribution in [0.2, 0.25) is 0 Å². The van der Waals surface area contributed by atoms with Crippen LogP contribution in [0.15, 0.2) is 0 Å². The summed E-state index contributed by atoms with van der Waals surface area (Å²) in [5.74, 6) is 1.47. The summed E-state index contributed by atoms with van der Waals surface area (Å²) < 4.78 is 0. The van der Waals surface area contributed by atoms with Crippen LogP contribution in [0.25, 0.3) is 0 Å². The van der Waals surface area contributed by atoms with E-state index >= 15 is 0 Å². The minimum absolute atomic E-state index is 0.0159. The van der Waals surface area contributed by atoms with Crippen LogP contribution in [0.4, 0.5) is 4.79 Å². The number of thioether (sulfide) groups is 1. The number of amides is 2. The Labute approximate surface area is 130 Å². The zero-order chi connectivity index (χ0) is 15.5. The van der Waals surface area contributed by atoms with E-state index in [1.807, 2.05) is 11.8 Å². The van der Waals surface area contributed by atoms with E-state index in [2.05, 4.69) is 5.32 Å². The monoisotopic (exact) mass is 314 g/mol. The Hall–Kier alpha value is -0.910. The Morgan fingerprint density at radius 1 is 1.24 bits per heavy atom. The molecular formula is C15H26N2O3S. The molecule has 0 bridgehead atoms. The van der Waals surface area contributed by atoms with Crippen molar-refractivity contribution in [1.82, 2.24) is 10.2 Å². The molecule has 2 amide bonds. The third-order valence-electron chi connectivity index (χ3n) is 4.83. The van der Waals surface area contributed by atoms with Crippen LogP contribution in [-0.2, 0) is 4.79 Å². The Kier molecular flexibility index (Phi) is 5.41. The number of likely N-dealkylation sites (tertiary alicyclic amines) is 1. The number of carbonyl (C=O) groups is 2. The molecule has 0 aromatic heterocycles. The first-order valence-corrected chi connectivity index (χ1v) is 8.93. The second-order valence-electron chi connectivity index (χ2n) is 6.65. The molecule has 5 nitrogen and oxygen atoms in total. The molecule has 0 saturated carbocycles. The molecule has 21 heavy (non-hydrogen) atoms. The van der Waals surface area contributed by atoms with Crippen LogP contribution in [-0.4, -0.2) is 52.6 Å². The molecule has 0 aromatic rings. The summed E-state index contributed by atoms with van der Waals surface area (Å²) in [6.45, 7) is 4.81. The number of urea groups is 1. The molecule has 2 rings (SSSR count). The minimum atomic E-state index is -0.779. The highest BCUT2D eigenvalue weighted by Gasteiger charge is 2.40. The van der Waals surface area contributed by atoms with Gasteiger partial charge in [-0.05, 0) is 57.0 Å². The summed E-state index contributed by atoms with van der Waals surface area (Å²) in [4.78, 5) is 25.6. The fraction of sp³-hybridized carbons (Fsp3) is 0.867. The quantitative estimate of drug-likeness (QED) is 0.839. The molecule has 2 saturated heterocycles. The lowest BCUT2D eigenvalue weighted by Gasteiger charge is -2.39. The highest BCUT2D eigenvalue weighted by Crippen LogP contribution is 2.34. The maximum atomic E-state index is 12.4. The van der Waals surface area contributed by atoms with Crippen molar-refractivity contribution in [2.45, 2.75) is 45.6 Å². The van der Waals surface area contributed by atoms with E-state index < -0.39 is 11.4 Å². The van der Waals surface area contributed by atoms with E-state index in [1.54, 1.807) is 18.7 Å². The normalized spacial score (nSPS) is 24.7. The summed E-state index contributed by atoms with van der Waals surface area (Å²) in [5.41, 5.74) is -0.777. The lowest BCUT2D eigenvalue weighted by atomic mass is 9.74. The molecule has 0 radical (unpaired) electrons. The van der Waals surface area contributed by atoms with Gasteiger partial charge in [-0.2, -0.15) is 11.8 Å². The molecule has 6 heteroatoms. The van der Waals surface area contributed by atoms with Crippen molar-refractivity contribution >= 4 is 23.8 Å². The number of aliphatic carboxylic acids is 1. The van der Waals surface area contributed by atoms with Crippen LogP contribution in [0.1, 0.15) is 39.5 Å². The molecule has 120 valence electrons. The molecule has 2 heterocycles. The van der Waals surface area contributed by atoms with Gasteiger partial charge in [-0.25, -0.2) is 4.79 Å². The zero-order valence-electron chi connectivity index (χ0n) is 12.9. The molecule has 0 aromatic carbocycles. The van der Waals surface area contributed by atoms with Gasteiger partial charge in [0.1, 0.15) is 0 Å². The van der Waals surface area contributed by atoms with Gasteiger partial charge < -0.3 is 15.3 Å². The fourth-order valence-electron chi connectivity index (χ4n) is 3.03. The van der Waals surface area contributed by atoms with Crippen molar-refractivity contribution in [3.63, 3.8) is 0 Å². The SMILES string of the molecule is CC(C)(C(=O)O)C1CCCN(C(=O)NC2CCSCC2)C1. The Morgan fingerprint density at radius 2 is 1.90 bits per heavy atom. The summed E-state index contributed by atoms with van der Waals surface area (Å²) in [6, 6.07) is 0.268. The molecule has 2 aliphatic heterocycles. The van der Waals surface area contributed by atoms with E-state index in [0.29, 0.717) is 6.54 Å². The Balaban J connectivity index is 1.90. The number of hydrogen-bond donors (Lipinski definition) is 2. The number of hydrogen-bond acceptors (Lipinski definition) is 3. The van der Waals surface area contributed by atoms with Crippen LogP contribution in [0.3, 0.4) is 0 Å². The molecule has 0 spiro atoms. The van der Waals surface area contributed by atoms with Gasteiger partial charge in [0.05, 0.1) is 5.41 Å². The fourth-order valence-corrected chi connectivity index (χ4v) is 4.14. The minimum Gasteiger partial charge on any atom is -0.481 e. The van der Waals surface area contributed by atoms with Crippen LogP contribution in [0.5, 0.6) is 0 Å². The van der Waals surface area contributed by atoms with E-state index in [9.17, 15) is 14.7 Å². The molecular weight excluding hydrogens is 288 g/mol. The molecule has 2 fully saturated rings. The van der Waals surface area contributed by atoms with Crippen LogP contribution < -0.4 is 5.32 Å². The van der Waals surface area contributed by atoms with Crippen molar-refractivity contribution < 1.29 is 14.7 Å². The second kappa shape index (κ2) is 6.90. The smallest absolute Gasteiger partial charge is 0.317 e. The van der Waals surface area contributed by atoms with E-state index in [0.717, 1.165) is 43.7 Å². The van der Waals surface area contributed by atoms with Gasteiger partial charge in [0.2, 0.25) is 0 Å². The highest BCUT2D eigenvalue weighted by atomic mass is 32.2. The number of nitrogens with zero attached hydrogens (tertiary/aromatic N) is 1. The van der Waals surface area contributed by atoms with Gasteiger partial charge in [0.25, 0.3) is 0 Å². The molecule has 1 atom stereocenters. The largest absolute Gasteiger partial charge is 0.481 e. The lowest BCUT2D eigenvalue weighted by molar-refractivity contribution is -0.151. The number of piperidine rings is 1. The maximum Gasteiger partial charge on any atom is 0.317 e. The first-order chi connectivity index (χ1) is 9.91. The number of carboxylic acids is 1. The van der Waals surface area contributed by atoms with E-state index in [-0.39, 0.29) is 18.0 Å². The van der Waals surface area contributed by atoms with Gasteiger partial charge in [0.15, 0.2) is 0 Å². The topological polar surface area (TPSA) is 69.6 Å².